The Morgan fingerprint density at radius 1 is 1.00 bits per heavy atom. The first-order valence-corrected chi connectivity index (χ1v) is 4.87. The minimum absolute atomic E-state index is 0.690. The Labute approximate surface area is 71.4 Å². The summed E-state index contributed by atoms with van der Waals surface area (Å²) in [6.45, 7) is 9.96. The van der Waals surface area contributed by atoms with E-state index in [0.717, 1.165) is 18.4 Å². The van der Waals surface area contributed by atoms with Crippen molar-refractivity contribution in [1.82, 2.24) is 0 Å². The first-order chi connectivity index (χ1) is 5.17. The lowest BCUT2D eigenvalue weighted by atomic mass is 9.80. The summed E-state index contributed by atoms with van der Waals surface area (Å²) < 4.78 is 0. The topological polar surface area (TPSA) is 26.0 Å². The Morgan fingerprint density at radius 2 is 1.55 bits per heavy atom. The molecule has 0 spiro atoms. The van der Waals surface area contributed by atoms with E-state index < -0.39 is 0 Å². The fraction of sp³-hybridized carbons (Fsp3) is 1.00. The first-order valence-electron chi connectivity index (χ1n) is 4.87. The maximum absolute atomic E-state index is 5.64. The zero-order valence-corrected chi connectivity index (χ0v) is 8.43. The molecule has 0 saturated heterocycles. The molecule has 0 radical (unpaired) electrons. The lowest BCUT2D eigenvalue weighted by Gasteiger charge is -2.26. The molecule has 0 heterocycles. The van der Waals surface area contributed by atoms with Gasteiger partial charge < -0.3 is 5.73 Å². The van der Waals surface area contributed by atoms with Crippen molar-refractivity contribution in [3.63, 3.8) is 0 Å². The molecule has 0 saturated carbocycles. The number of hydrogen-bond acceptors (Lipinski definition) is 1. The summed E-state index contributed by atoms with van der Waals surface area (Å²) in [5, 5.41) is 0. The summed E-state index contributed by atoms with van der Waals surface area (Å²) in [7, 11) is 0. The van der Waals surface area contributed by atoms with Crippen LogP contribution in [0.2, 0.25) is 0 Å². The van der Waals surface area contributed by atoms with Crippen LogP contribution in [-0.4, -0.2) is 6.54 Å². The molecular formula is C10H23N. The molecule has 0 amide bonds. The third-order valence-electron chi connectivity index (χ3n) is 2.95. The van der Waals surface area contributed by atoms with Gasteiger partial charge in [-0.25, -0.2) is 0 Å². The predicted octanol–water partition coefficient (Wildman–Crippen LogP) is 2.65. The second-order valence-corrected chi connectivity index (χ2v) is 3.67. The first kappa shape index (κ1) is 11.0. The van der Waals surface area contributed by atoms with Crippen LogP contribution in [-0.2, 0) is 0 Å². The van der Waals surface area contributed by atoms with Gasteiger partial charge in [-0.1, -0.05) is 40.5 Å². The third kappa shape index (κ3) is 3.24. The van der Waals surface area contributed by atoms with Crippen molar-refractivity contribution in [2.45, 2.75) is 40.5 Å². The molecule has 0 aromatic heterocycles. The third-order valence-corrected chi connectivity index (χ3v) is 2.95. The quantitative estimate of drug-likeness (QED) is 0.652. The number of rotatable bonds is 5. The highest BCUT2D eigenvalue weighted by Gasteiger charge is 2.18. The molecule has 11 heavy (non-hydrogen) atoms. The zero-order valence-electron chi connectivity index (χ0n) is 8.43. The van der Waals surface area contributed by atoms with Crippen LogP contribution in [0.15, 0.2) is 0 Å². The zero-order chi connectivity index (χ0) is 8.85. The van der Waals surface area contributed by atoms with Gasteiger partial charge in [0.1, 0.15) is 0 Å². The molecule has 0 fully saturated rings. The van der Waals surface area contributed by atoms with Gasteiger partial charge in [-0.15, -0.1) is 0 Å². The molecule has 1 nitrogen and oxygen atoms in total. The Bertz CT molecular complexity index is 80.9. The SMILES string of the molecule is CCC(C)C(CC)C(C)CN. The van der Waals surface area contributed by atoms with Crippen LogP contribution < -0.4 is 5.73 Å². The van der Waals surface area contributed by atoms with E-state index in [1.807, 2.05) is 0 Å². The molecule has 3 unspecified atom stereocenters. The molecule has 0 rings (SSSR count). The highest BCUT2D eigenvalue weighted by molar-refractivity contribution is 4.70. The van der Waals surface area contributed by atoms with E-state index in [4.69, 9.17) is 5.73 Å². The molecule has 2 N–H and O–H groups in total. The highest BCUT2D eigenvalue weighted by atomic mass is 14.5. The van der Waals surface area contributed by atoms with E-state index in [2.05, 4.69) is 27.7 Å². The molecule has 0 aromatic carbocycles. The maximum atomic E-state index is 5.64. The van der Waals surface area contributed by atoms with Gasteiger partial charge in [0.05, 0.1) is 0 Å². The van der Waals surface area contributed by atoms with Gasteiger partial charge in [-0.3, -0.25) is 0 Å². The Morgan fingerprint density at radius 3 is 1.82 bits per heavy atom. The van der Waals surface area contributed by atoms with E-state index >= 15 is 0 Å². The molecule has 0 bridgehead atoms. The van der Waals surface area contributed by atoms with Gasteiger partial charge in [-0.2, -0.15) is 0 Å². The molecule has 0 aliphatic rings. The molecule has 1 heteroatoms. The van der Waals surface area contributed by atoms with E-state index in [-0.39, 0.29) is 0 Å². The summed E-state index contributed by atoms with van der Waals surface area (Å²) in [5.74, 6) is 2.35. The summed E-state index contributed by atoms with van der Waals surface area (Å²) >= 11 is 0. The Balaban J connectivity index is 3.92. The Kier molecular flexibility index (Phi) is 5.57. The van der Waals surface area contributed by atoms with Crippen molar-refractivity contribution < 1.29 is 0 Å². The monoisotopic (exact) mass is 157 g/mol. The summed E-state index contributed by atoms with van der Waals surface area (Å²) in [6, 6.07) is 0. The van der Waals surface area contributed by atoms with Crippen molar-refractivity contribution in [3.8, 4) is 0 Å². The lowest BCUT2D eigenvalue weighted by molar-refractivity contribution is 0.246. The van der Waals surface area contributed by atoms with Crippen LogP contribution in [0, 0.1) is 17.8 Å². The molecule has 0 aromatic rings. The fourth-order valence-electron chi connectivity index (χ4n) is 1.84. The molecule has 3 atom stereocenters. The van der Waals surface area contributed by atoms with Crippen molar-refractivity contribution in [1.29, 1.82) is 0 Å². The number of nitrogens with two attached hydrogens (primary N) is 1. The second-order valence-electron chi connectivity index (χ2n) is 3.67. The van der Waals surface area contributed by atoms with Crippen LogP contribution in [0.1, 0.15) is 40.5 Å². The van der Waals surface area contributed by atoms with Gasteiger partial charge >= 0.3 is 0 Å². The van der Waals surface area contributed by atoms with Crippen molar-refractivity contribution in [3.05, 3.63) is 0 Å². The van der Waals surface area contributed by atoms with E-state index in [9.17, 15) is 0 Å². The predicted molar refractivity (Wildman–Crippen MR) is 51.5 cm³/mol. The maximum Gasteiger partial charge on any atom is -0.00488 e. The van der Waals surface area contributed by atoms with E-state index in [1.54, 1.807) is 0 Å². The molecule has 0 aliphatic carbocycles. The number of hydrogen-bond donors (Lipinski definition) is 1. The minimum atomic E-state index is 0.690. The van der Waals surface area contributed by atoms with Crippen LogP contribution in [0.5, 0.6) is 0 Å². The Hall–Kier alpha value is -0.0400. The average Bonchev–Trinajstić information content (AvgIpc) is 2.05. The summed E-state index contributed by atoms with van der Waals surface area (Å²) in [5.41, 5.74) is 5.64. The lowest BCUT2D eigenvalue weighted by Crippen LogP contribution is -2.25. The smallest absolute Gasteiger partial charge is 0.00488 e. The van der Waals surface area contributed by atoms with Crippen molar-refractivity contribution in [2.24, 2.45) is 23.5 Å². The fourth-order valence-corrected chi connectivity index (χ4v) is 1.84. The van der Waals surface area contributed by atoms with Crippen LogP contribution in [0.3, 0.4) is 0 Å². The minimum Gasteiger partial charge on any atom is -0.330 e. The van der Waals surface area contributed by atoms with Gasteiger partial charge in [0, 0.05) is 0 Å². The second kappa shape index (κ2) is 5.59. The standard InChI is InChI=1S/C10H23N/c1-5-8(3)10(6-2)9(4)7-11/h8-10H,5-7,11H2,1-4H3. The van der Waals surface area contributed by atoms with Gasteiger partial charge in [0.15, 0.2) is 0 Å². The molecular weight excluding hydrogens is 134 g/mol. The highest BCUT2D eigenvalue weighted by Crippen LogP contribution is 2.25. The van der Waals surface area contributed by atoms with E-state index in [1.165, 1.54) is 12.8 Å². The van der Waals surface area contributed by atoms with Gasteiger partial charge in [0.2, 0.25) is 0 Å². The summed E-state index contributed by atoms with van der Waals surface area (Å²) in [4.78, 5) is 0. The van der Waals surface area contributed by atoms with Crippen LogP contribution in [0.25, 0.3) is 0 Å². The average molecular weight is 157 g/mol. The van der Waals surface area contributed by atoms with Crippen LogP contribution in [0.4, 0.5) is 0 Å². The molecule has 0 aliphatic heterocycles. The normalized spacial score (nSPS) is 19.4. The van der Waals surface area contributed by atoms with Gasteiger partial charge in [-0.05, 0) is 24.3 Å². The van der Waals surface area contributed by atoms with Crippen molar-refractivity contribution >= 4 is 0 Å². The largest absolute Gasteiger partial charge is 0.330 e. The van der Waals surface area contributed by atoms with Crippen LogP contribution >= 0.6 is 0 Å². The van der Waals surface area contributed by atoms with Gasteiger partial charge in [0.25, 0.3) is 0 Å². The summed E-state index contributed by atoms with van der Waals surface area (Å²) in [6.07, 6.45) is 2.55. The van der Waals surface area contributed by atoms with E-state index in [0.29, 0.717) is 5.92 Å². The van der Waals surface area contributed by atoms with Crippen molar-refractivity contribution in [2.75, 3.05) is 6.54 Å². The molecule has 68 valence electrons.